The fraction of sp³-hybridized carbons (Fsp3) is 0.356. The first kappa shape index (κ1) is 37.3. The van der Waals surface area contributed by atoms with Crippen molar-refractivity contribution in [2.45, 2.75) is 55.9 Å². The highest BCUT2D eigenvalue weighted by Gasteiger charge is 2.40. The van der Waals surface area contributed by atoms with Crippen LogP contribution in [-0.2, 0) is 9.59 Å². The highest BCUT2D eigenvalue weighted by Crippen LogP contribution is 2.36. The molecule has 2 fully saturated rings. The number of pyridine rings is 1. The van der Waals surface area contributed by atoms with Gasteiger partial charge in [-0.3, -0.25) is 29.4 Å². The molecule has 0 saturated carbocycles. The van der Waals surface area contributed by atoms with E-state index in [1.807, 2.05) is 121 Å². The maximum absolute atomic E-state index is 13.9. The minimum Gasteiger partial charge on any atom is -0.362 e. The van der Waals surface area contributed by atoms with Crippen LogP contribution in [-0.4, -0.2) is 106 Å². The number of likely N-dealkylation sites (tertiary alicyclic amines) is 2. The molecule has 5 heterocycles. The molecule has 288 valence electrons. The van der Waals surface area contributed by atoms with Gasteiger partial charge in [-0.2, -0.15) is 0 Å². The van der Waals surface area contributed by atoms with E-state index in [1.165, 1.54) is 0 Å². The number of aromatic nitrogens is 3. The van der Waals surface area contributed by atoms with Gasteiger partial charge in [0.25, 0.3) is 0 Å². The lowest BCUT2D eigenvalue weighted by Gasteiger charge is -2.32. The van der Waals surface area contributed by atoms with Crippen molar-refractivity contribution in [3.05, 3.63) is 132 Å². The summed E-state index contributed by atoms with van der Waals surface area (Å²) in [6.45, 7) is 2.04. The zero-order valence-corrected chi connectivity index (χ0v) is 32.7. The summed E-state index contributed by atoms with van der Waals surface area (Å²) >= 11 is 0. The molecule has 3 aliphatic heterocycles. The molecule has 56 heavy (non-hydrogen) atoms. The molecule has 0 bridgehead atoms. The third-order valence-electron chi connectivity index (χ3n) is 11.5. The average molecular weight is 750 g/mol. The first-order chi connectivity index (χ1) is 27.3. The summed E-state index contributed by atoms with van der Waals surface area (Å²) in [4.78, 5) is 53.9. The Bertz CT molecular complexity index is 2150. The average Bonchev–Trinajstić information content (AvgIpc) is 4.06. The van der Waals surface area contributed by atoms with Crippen LogP contribution < -0.4 is 5.32 Å². The number of hydrogen-bond acceptors (Lipinski definition) is 8. The third kappa shape index (κ3) is 7.48. The number of benzene rings is 3. The minimum absolute atomic E-state index is 0.0366. The van der Waals surface area contributed by atoms with Crippen LogP contribution in [0.5, 0.6) is 0 Å². The first-order valence-corrected chi connectivity index (χ1v) is 19.7. The predicted molar refractivity (Wildman–Crippen MR) is 220 cm³/mol. The van der Waals surface area contributed by atoms with Crippen molar-refractivity contribution in [3.8, 4) is 22.4 Å². The van der Waals surface area contributed by atoms with Gasteiger partial charge in [-0.1, -0.05) is 91.0 Å². The summed E-state index contributed by atoms with van der Waals surface area (Å²) in [5.74, 6) is 1.92. The van der Waals surface area contributed by atoms with Crippen LogP contribution >= 0.6 is 0 Å². The van der Waals surface area contributed by atoms with Crippen molar-refractivity contribution in [2.75, 3.05) is 47.8 Å². The number of rotatable bonds is 11. The Hall–Kier alpha value is -5.65. The van der Waals surface area contributed by atoms with Crippen molar-refractivity contribution in [2.24, 2.45) is 4.99 Å². The first-order valence-electron chi connectivity index (χ1n) is 19.7. The number of nitrogens with zero attached hydrogens (tertiary/aromatic N) is 7. The van der Waals surface area contributed by atoms with Gasteiger partial charge in [0.2, 0.25) is 11.8 Å². The highest BCUT2D eigenvalue weighted by molar-refractivity contribution is 5.95. The number of hydrogen-bond donors (Lipinski definition) is 2. The number of carbonyl (C=O) groups is 2. The van der Waals surface area contributed by atoms with Crippen LogP contribution in [0.2, 0.25) is 0 Å². The number of amidine groups is 1. The van der Waals surface area contributed by atoms with Crippen LogP contribution in [0.1, 0.15) is 72.5 Å². The van der Waals surface area contributed by atoms with E-state index < -0.39 is 0 Å². The maximum atomic E-state index is 13.9. The second-order valence-corrected chi connectivity index (χ2v) is 15.6. The molecule has 11 nitrogen and oxygen atoms in total. The molecule has 3 aliphatic rings. The van der Waals surface area contributed by atoms with Crippen molar-refractivity contribution < 1.29 is 9.59 Å². The Morgan fingerprint density at radius 2 is 1.21 bits per heavy atom. The van der Waals surface area contributed by atoms with Crippen molar-refractivity contribution in [1.29, 1.82) is 0 Å². The van der Waals surface area contributed by atoms with Crippen LogP contribution in [0, 0.1) is 0 Å². The van der Waals surface area contributed by atoms with Gasteiger partial charge in [-0.15, -0.1) is 0 Å². The molecule has 5 aromatic rings. The molecule has 3 aromatic carbocycles. The zero-order chi connectivity index (χ0) is 38.8. The van der Waals surface area contributed by atoms with E-state index >= 15 is 0 Å². The Labute approximate surface area is 329 Å². The van der Waals surface area contributed by atoms with E-state index in [0.29, 0.717) is 6.54 Å². The number of aliphatic imine (C=N–C) groups is 1. The van der Waals surface area contributed by atoms with E-state index in [0.717, 1.165) is 89.6 Å². The third-order valence-corrected chi connectivity index (χ3v) is 11.5. The smallest absolute Gasteiger partial charge is 0.245 e. The van der Waals surface area contributed by atoms with E-state index in [4.69, 9.17) is 15.0 Å². The summed E-state index contributed by atoms with van der Waals surface area (Å²) in [7, 11) is 7.84. The second-order valence-electron chi connectivity index (χ2n) is 15.6. The predicted octanol–water partition coefficient (Wildman–Crippen LogP) is 6.44. The molecule has 0 aliphatic carbocycles. The lowest BCUT2D eigenvalue weighted by Crippen LogP contribution is -2.48. The molecule has 2 N–H and O–H groups in total. The topological polar surface area (TPSA) is 113 Å². The molecule has 0 spiro atoms. The fourth-order valence-corrected chi connectivity index (χ4v) is 8.64. The van der Waals surface area contributed by atoms with Gasteiger partial charge in [0.15, 0.2) is 0 Å². The van der Waals surface area contributed by atoms with Crippen molar-refractivity contribution >= 4 is 17.6 Å². The Morgan fingerprint density at radius 3 is 1.79 bits per heavy atom. The van der Waals surface area contributed by atoms with E-state index in [-0.39, 0.29) is 42.0 Å². The van der Waals surface area contributed by atoms with Gasteiger partial charge in [0.1, 0.15) is 23.7 Å². The normalized spacial score (nSPS) is 20.7. The molecule has 1 unspecified atom stereocenters. The summed E-state index contributed by atoms with van der Waals surface area (Å²) in [6, 6.07) is 31.7. The molecule has 2 aromatic heterocycles. The van der Waals surface area contributed by atoms with Crippen LogP contribution in [0.15, 0.2) is 114 Å². The van der Waals surface area contributed by atoms with E-state index in [2.05, 4.69) is 46.7 Å². The number of aromatic amines is 1. The van der Waals surface area contributed by atoms with Crippen LogP contribution in [0.4, 0.5) is 0 Å². The van der Waals surface area contributed by atoms with Crippen LogP contribution in [0.3, 0.4) is 0 Å². The largest absolute Gasteiger partial charge is 0.362 e. The second kappa shape index (κ2) is 16.2. The van der Waals surface area contributed by atoms with Gasteiger partial charge in [0.05, 0.1) is 42.3 Å². The van der Waals surface area contributed by atoms with E-state index in [1.54, 1.807) is 0 Å². The summed E-state index contributed by atoms with van der Waals surface area (Å²) in [5, 5.41) is 3.62. The van der Waals surface area contributed by atoms with Gasteiger partial charge >= 0.3 is 0 Å². The quantitative estimate of drug-likeness (QED) is 0.160. The number of imidazole rings is 1. The SMILES string of the molecule is CN(C)[C@@H](C(=O)N1CCC[C@H]1C1=NCC(c2ccc(-c3ccc(-c4cnc([C@@H]5CCCN5C(=O)[C@@H](c5ccccc5)N(C)C)[nH]4)cc3)cn2)N1)c1ccccc1. The summed E-state index contributed by atoms with van der Waals surface area (Å²) in [5.41, 5.74) is 6.98. The molecule has 0 radical (unpaired) electrons. The molecule has 2 saturated heterocycles. The summed E-state index contributed by atoms with van der Waals surface area (Å²) in [6.07, 6.45) is 7.47. The van der Waals surface area contributed by atoms with Crippen molar-refractivity contribution in [3.63, 3.8) is 0 Å². The molecule has 8 rings (SSSR count). The summed E-state index contributed by atoms with van der Waals surface area (Å²) < 4.78 is 0. The highest BCUT2D eigenvalue weighted by atomic mass is 16.2. The molecule has 5 atom stereocenters. The van der Waals surface area contributed by atoms with Crippen molar-refractivity contribution in [1.82, 2.24) is 39.9 Å². The van der Waals surface area contributed by atoms with Gasteiger partial charge < -0.3 is 20.1 Å². The minimum atomic E-state index is -0.343. The maximum Gasteiger partial charge on any atom is 0.245 e. The van der Waals surface area contributed by atoms with Gasteiger partial charge in [-0.25, -0.2) is 4.98 Å². The molecular weight excluding hydrogens is 699 g/mol. The lowest BCUT2D eigenvalue weighted by molar-refractivity contribution is -0.137. The Kier molecular flexibility index (Phi) is 10.8. The zero-order valence-electron chi connectivity index (χ0n) is 32.7. The monoisotopic (exact) mass is 749 g/mol. The van der Waals surface area contributed by atoms with Gasteiger partial charge in [-0.05, 0) is 82.2 Å². The number of nitrogens with one attached hydrogen (secondary N) is 2. The fourth-order valence-electron chi connectivity index (χ4n) is 8.64. The number of carbonyl (C=O) groups excluding carboxylic acids is 2. The van der Waals surface area contributed by atoms with E-state index in [9.17, 15) is 9.59 Å². The number of likely N-dealkylation sites (N-methyl/N-ethyl adjacent to an activating group) is 2. The Balaban J connectivity index is 0.899. The molecule has 11 heteroatoms. The molecule has 2 amide bonds. The number of amides is 2. The van der Waals surface area contributed by atoms with Gasteiger partial charge in [0, 0.05) is 24.8 Å². The Morgan fingerprint density at radius 1 is 0.661 bits per heavy atom. The lowest BCUT2D eigenvalue weighted by atomic mass is 10.0. The van der Waals surface area contributed by atoms with Crippen LogP contribution in [0.25, 0.3) is 22.4 Å². The standard InChI is InChI=1S/C45H51N9O2/c1-51(2)40(32-13-7-5-8-14-32)44(55)53-25-11-17-38(53)42-47-28-36(49-42)31-21-19-30(20-22-31)34-23-24-35(46-27-34)37-29-48-43(50-37)39-18-12-26-54(39)45(56)41(52(3)4)33-15-9-6-10-16-33/h5-10,13-16,19-24,27-28,37-41H,11-12,17-18,25-26,29H2,1-4H3,(H,47,49)(H,48,50)/t37?,38-,39-,40+,41+/m0/s1. The molecular formula is C45H51N9O2. The number of H-pyrrole nitrogens is 1.